The van der Waals surface area contributed by atoms with Crippen molar-refractivity contribution < 1.29 is 4.79 Å². The van der Waals surface area contributed by atoms with E-state index in [-0.39, 0.29) is 11.8 Å². The van der Waals surface area contributed by atoms with Crippen molar-refractivity contribution in [3.8, 4) is 0 Å². The number of fused-ring (bicyclic) bond motifs is 2. The molecule has 5 heteroatoms. The largest absolute Gasteiger partial charge is 0.306 e. The van der Waals surface area contributed by atoms with Crippen LogP contribution in [0, 0.1) is 18.8 Å². The fourth-order valence-electron chi connectivity index (χ4n) is 5.56. The van der Waals surface area contributed by atoms with Gasteiger partial charge in [-0.05, 0) is 98.5 Å². The normalized spacial score (nSPS) is 22.2. The van der Waals surface area contributed by atoms with Crippen molar-refractivity contribution in [1.82, 2.24) is 19.2 Å². The molecule has 1 atom stereocenters. The molecule has 5 nitrogen and oxygen atoms in total. The molecule has 1 unspecified atom stereocenters. The molecule has 2 aromatic heterocycles. The Kier molecular flexibility index (Phi) is 6.30. The minimum atomic E-state index is 0.0422. The van der Waals surface area contributed by atoms with Gasteiger partial charge in [0.25, 0.3) is 5.91 Å². The predicted octanol–water partition coefficient (Wildman–Crippen LogP) is 5.53. The average Bonchev–Trinajstić information content (AvgIpc) is 3.24. The smallest absolute Gasteiger partial charge is 0.255 e. The highest BCUT2D eigenvalue weighted by Gasteiger charge is 2.27. The van der Waals surface area contributed by atoms with Crippen molar-refractivity contribution in [2.24, 2.45) is 11.8 Å². The molecular formula is C29H36N4O. The van der Waals surface area contributed by atoms with Crippen molar-refractivity contribution in [2.75, 3.05) is 19.6 Å². The van der Waals surface area contributed by atoms with E-state index in [1.807, 2.05) is 17.9 Å². The molecule has 0 radical (unpaired) electrons. The van der Waals surface area contributed by atoms with Crippen molar-refractivity contribution in [3.05, 3.63) is 77.1 Å². The lowest BCUT2D eigenvalue weighted by Crippen LogP contribution is -2.35. The van der Waals surface area contributed by atoms with E-state index >= 15 is 0 Å². The maximum atomic E-state index is 13.6. The van der Waals surface area contributed by atoms with Crippen LogP contribution in [-0.4, -0.2) is 44.7 Å². The molecule has 0 saturated carbocycles. The highest BCUT2D eigenvalue weighted by atomic mass is 16.2. The van der Waals surface area contributed by atoms with Crippen LogP contribution in [0.4, 0.5) is 0 Å². The van der Waals surface area contributed by atoms with E-state index in [0.29, 0.717) is 5.92 Å². The third-order valence-corrected chi connectivity index (χ3v) is 7.70. The van der Waals surface area contributed by atoms with Gasteiger partial charge < -0.3 is 9.30 Å². The van der Waals surface area contributed by atoms with Crippen LogP contribution >= 0.6 is 0 Å². The number of rotatable bonds is 4. The van der Waals surface area contributed by atoms with Gasteiger partial charge in [-0.15, -0.1) is 0 Å². The lowest BCUT2D eigenvalue weighted by Gasteiger charge is -2.34. The maximum absolute atomic E-state index is 13.6. The monoisotopic (exact) mass is 456 g/mol. The van der Waals surface area contributed by atoms with Crippen LogP contribution in [0.25, 0.3) is 11.2 Å². The molecule has 1 saturated heterocycles. The Morgan fingerprint density at radius 3 is 2.65 bits per heavy atom. The van der Waals surface area contributed by atoms with Gasteiger partial charge in [0.2, 0.25) is 0 Å². The summed E-state index contributed by atoms with van der Waals surface area (Å²) < 4.78 is 2.12. The van der Waals surface area contributed by atoms with E-state index in [1.54, 1.807) is 0 Å². The molecule has 34 heavy (non-hydrogen) atoms. The van der Waals surface area contributed by atoms with Gasteiger partial charge in [-0.1, -0.05) is 32.9 Å². The molecule has 0 spiro atoms. The SMILES string of the molecule is CCc1cc(C2=CC(=O)N3C=C(C4CCN(CC)CC4)C=CC3=CCC2C)cn2cc(C)nc12. The Bertz CT molecular complexity index is 1220. The molecule has 2 aromatic rings. The van der Waals surface area contributed by atoms with E-state index < -0.39 is 0 Å². The van der Waals surface area contributed by atoms with Crippen LogP contribution in [0.5, 0.6) is 0 Å². The summed E-state index contributed by atoms with van der Waals surface area (Å²) >= 11 is 0. The Morgan fingerprint density at radius 2 is 1.91 bits per heavy atom. The number of piperidine rings is 1. The highest BCUT2D eigenvalue weighted by Crippen LogP contribution is 2.34. The fourth-order valence-corrected chi connectivity index (χ4v) is 5.56. The van der Waals surface area contributed by atoms with Gasteiger partial charge in [0.15, 0.2) is 0 Å². The van der Waals surface area contributed by atoms with Gasteiger partial charge in [0, 0.05) is 30.4 Å². The minimum Gasteiger partial charge on any atom is -0.306 e. The molecule has 1 fully saturated rings. The van der Waals surface area contributed by atoms with Crippen molar-refractivity contribution in [3.63, 3.8) is 0 Å². The lowest BCUT2D eigenvalue weighted by molar-refractivity contribution is -0.122. The lowest BCUT2D eigenvalue weighted by atomic mass is 9.86. The number of carbonyl (C=O) groups is 1. The Morgan fingerprint density at radius 1 is 1.12 bits per heavy atom. The second-order valence-electron chi connectivity index (χ2n) is 9.97. The molecule has 178 valence electrons. The minimum absolute atomic E-state index is 0.0422. The Balaban J connectivity index is 1.47. The molecule has 0 bridgehead atoms. The number of imidazole rings is 1. The molecule has 3 aliphatic rings. The van der Waals surface area contributed by atoms with Crippen molar-refractivity contribution >= 4 is 17.1 Å². The zero-order valence-corrected chi connectivity index (χ0v) is 20.9. The molecule has 5 heterocycles. The predicted molar refractivity (Wildman–Crippen MR) is 138 cm³/mol. The number of carbonyl (C=O) groups excluding carboxylic acids is 1. The first-order chi connectivity index (χ1) is 16.5. The summed E-state index contributed by atoms with van der Waals surface area (Å²) in [6, 6.07) is 2.22. The van der Waals surface area contributed by atoms with Gasteiger partial charge in [-0.3, -0.25) is 9.69 Å². The van der Waals surface area contributed by atoms with Crippen molar-refractivity contribution in [2.45, 2.75) is 53.4 Å². The first kappa shape index (κ1) is 22.9. The molecular weight excluding hydrogens is 420 g/mol. The van der Waals surface area contributed by atoms with Gasteiger partial charge in [0.1, 0.15) is 5.65 Å². The van der Waals surface area contributed by atoms with Crippen LogP contribution in [0.3, 0.4) is 0 Å². The molecule has 1 amide bonds. The average molecular weight is 457 g/mol. The first-order valence-corrected chi connectivity index (χ1v) is 12.8. The number of amides is 1. The zero-order valence-electron chi connectivity index (χ0n) is 20.9. The quantitative estimate of drug-likeness (QED) is 0.608. The number of likely N-dealkylation sites (tertiary alicyclic amines) is 1. The summed E-state index contributed by atoms with van der Waals surface area (Å²) in [7, 11) is 0. The molecule has 5 rings (SSSR count). The van der Waals surface area contributed by atoms with Gasteiger partial charge in [-0.25, -0.2) is 4.98 Å². The van der Waals surface area contributed by atoms with Gasteiger partial charge in [-0.2, -0.15) is 0 Å². The third-order valence-electron chi connectivity index (χ3n) is 7.70. The summed E-state index contributed by atoms with van der Waals surface area (Å²) in [5, 5.41) is 0. The molecule has 0 aliphatic carbocycles. The summed E-state index contributed by atoms with van der Waals surface area (Å²) in [4.78, 5) is 22.7. The maximum Gasteiger partial charge on any atom is 0.255 e. The highest BCUT2D eigenvalue weighted by molar-refractivity contribution is 5.98. The fraction of sp³-hybridized carbons (Fsp3) is 0.448. The van der Waals surface area contributed by atoms with Crippen LogP contribution < -0.4 is 0 Å². The van der Waals surface area contributed by atoms with Crippen molar-refractivity contribution in [1.29, 1.82) is 0 Å². The number of pyridine rings is 1. The number of hydrogen-bond acceptors (Lipinski definition) is 3. The number of nitrogens with zero attached hydrogens (tertiary/aromatic N) is 4. The number of aryl methyl sites for hydroxylation is 2. The summed E-state index contributed by atoms with van der Waals surface area (Å²) in [5.41, 5.74) is 7.74. The van der Waals surface area contributed by atoms with Crippen LogP contribution in [0.15, 0.2) is 60.2 Å². The van der Waals surface area contributed by atoms with Gasteiger partial charge >= 0.3 is 0 Å². The number of aromatic nitrogens is 2. The Hall–Kier alpha value is -2.92. The second-order valence-corrected chi connectivity index (χ2v) is 9.97. The Labute approximate surface area is 203 Å². The molecule has 3 aliphatic heterocycles. The first-order valence-electron chi connectivity index (χ1n) is 12.8. The second kappa shape index (κ2) is 9.38. The van der Waals surface area contributed by atoms with Crippen LogP contribution in [0.1, 0.15) is 56.9 Å². The molecule has 0 N–H and O–H groups in total. The van der Waals surface area contributed by atoms with E-state index in [4.69, 9.17) is 4.98 Å². The summed E-state index contributed by atoms with van der Waals surface area (Å²) in [6.45, 7) is 12.0. The third kappa shape index (κ3) is 4.29. The summed E-state index contributed by atoms with van der Waals surface area (Å²) in [6.07, 6.45) is 18.9. The van der Waals surface area contributed by atoms with E-state index in [2.05, 4.69) is 73.0 Å². The standard InChI is InChI=1S/C29H36N4O/c1-5-22-15-25(18-32-17-21(4)30-29(22)32)27-16-28(34)33-19-24(8-10-26(33)9-7-20(27)3)23-11-13-31(6-2)14-12-23/h8-10,15-20,23H,5-7,11-14H2,1-4H3. The van der Waals surface area contributed by atoms with E-state index in [9.17, 15) is 4.79 Å². The zero-order chi connectivity index (χ0) is 23.8. The van der Waals surface area contributed by atoms with Crippen LogP contribution in [-0.2, 0) is 11.2 Å². The molecule has 0 aromatic carbocycles. The van der Waals surface area contributed by atoms with Gasteiger partial charge in [0.05, 0.1) is 5.69 Å². The number of allylic oxidation sites excluding steroid dienone is 5. The van der Waals surface area contributed by atoms with E-state index in [1.165, 1.54) is 11.1 Å². The number of hydrogen-bond donors (Lipinski definition) is 0. The van der Waals surface area contributed by atoms with Crippen LogP contribution in [0.2, 0.25) is 0 Å². The van der Waals surface area contributed by atoms with E-state index in [0.717, 1.165) is 73.5 Å². The topological polar surface area (TPSA) is 40.9 Å². The summed E-state index contributed by atoms with van der Waals surface area (Å²) in [5.74, 6) is 0.823.